The van der Waals surface area contributed by atoms with Crippen LogP contribution in [0, 0.1) is 12.7 Å². The predicted molar refractivity (Wildman–Crippen MR) is 84.5 cm³/mol. The normalized spacial score (nSPS) is 11.6. The van der Waals surface area contributed by atoms with Gasteiger partial charge in [0.1, 0.15) is 17.6 Å². The summed E-state index contributed by atoms with van der Waals surface area (Å²) in [6, 6.07) is 12.0. The molecule has 4 nitrogen and oxygen atoms in total. The molecule has 0 aliphatic carbocycles. The van der Waals surface area contributed by atoms with Crippen LogP contribution in [0.25, 0.3) is 0 Å². The lowest BCUT2D eigenvalue weighted by Gasteiger charge is -2.17. The third-order valence-corrected chi connectivity index (χ3v) is 3.25. The largest absolute Gasteiger partial charge is 0.425 e. The molecule has 0 fully saturated rings. The van der Waals surface area contributed by atoms with E-state index in [-0.39, 0.29) is 18.1 Å². The van der Waals surface area contributed by atoms with Gasteiger partial charge < -0.3 is 10.1 Å². The summed E-state index contributed by atoms with van der Waals surface area (Å²) in [5.74, 6) is -0.839. The fourth-order valence-corrected chi connectivity index (χ4v) is 2.09. The van der Waals surface area contributed by atoms with Crippen molar-refractivity contribution < 1.29 is 18.7 Å². The van der Waals surface area contributed by atoms with Crippen LogP contribution in [0.15, 0.2) is 48.5 Å². The summed E-state index contributed by atoms with van der Waals surface area (Å²) in [7, 11) is 0. The Hall–Kier alpha value is -2.69. The zero-order chi connectivity index (χ0) is 16.8. The highest BCUT2D eigenvalue weighted by atomic mass is 19.1. The number of aryl methyl sites for hydroxylation is 1. The van der Waals surface area contributed by atoms with Crippen molar-refractivity contribution in [1.82, 2.24) is 5.32 Å². The van der Waals surface area contributed by atoms with Crippen molar-refractivity contribution in [1.29, 1.82) is 0 Å². The van der Waals surface area contributed by atoms with Crippen molar-refractivity contribution in [2.75, 3.05) is 0 Å². The minimum absolute atomic E-state index is 0.227. The number of hydrogen-bond acceptors (Lipinski definition) is 3. The zero-order valence-electron chi connectivity index (χ0n) is 13.0. The number of hydrogen-bond donors (Lipinski definition) is 1. The number of carbonyl (C=O) groups excluding carboxylic acids is 2. The molecule has 120 valence electrons. The molecule has 1 atom stereocenters. The molecule has 0 saturated heterocycles. The second-order valence-corrected chi connectivity index (χ2v) is 5.32. The van der Waals surface area contributed by atoms with Crippen LogP contribution >= 0.6 is 0 Å². The Balaban J connectivity index is 2.09. The second kappa shape index (κ2) is 7.54. The first-order valence-corrected chi connectivity index (χ1v) is 7.24. The standard InChI is InChI=1S/C18H18FNO3/c1-12-3-9-16(10-4-12)23-18(22)17(20-13(2)21)11-14-5-7-15(19)8-6-14/h3-10,17H,11H2,1-2H3,(H,20,21). The quantitative estimate of drug-likeness (QED) is 0.682. The van der Waals surface area contributed by atoms with Crippen LogP contribution < -0.4 is 10.1 Å². The van der Waals surface area contributed by atoms with Gasteiger partial charge in [-0.15, -0.1) is 0 Å². The SMILES string of the molecule is CC(=O)NC(Cc1ccc(F)cc1)C(=O)Oc1ccc(C)cc1. The molecule has 1 unspecified atom stereocenters. The fourth-order valence-electron chi connectivity index (χ4n) is 2.09. The molecule has 1 amide bonds. The Labute approximate surface area is 134 Å². The smallest absolute Gasteiger partial charge is 0.334 e. The van der Waals surface area contributed by atoms with E-state index in [1.807, 2.05) is 19.1 Å². The maximum Gasteiger partial charge on any atom is 0.334 e. The summed E-state index contributed by atoms with van der Waals surface area (Å²) < 4.78 is 18.3. The van der Waals surface area contributed by atoms with E-state index < -0.39 is 12.0 Å². The number of amides is 1. The zero-order valence-corrected chi connectivity index (χ0v) is 13.0. The van der Waals surface area contributed by atoms with Crippen molar-refractivity contribution in [2.45, 2.75) is 26.3 Å². The lowest BCUT2D eigenvalue weighted by Crippen LogP contribution is -2.43. The summed E-state index contributed by atoms with van der Waals surface area (Å²) in [6.45, 7) is 3.26. The van der Waals surface area contributed by atoms with Gasteiger partial charge in [0.05, 0.1) is 0 Å². The molecule has 0 aliphatic rings. The van der Waals surface area contributed by atoms with Gasteiger partial charge in [0.2, 0.25) is 5.91 Å². The Morgan fingerprint density at radius 1 is 1.09 bits per heavy atom. The number of ether oxygens (including phenoxy) is 1. The van der Waals surface area contributed by atoms with Crippen LogP contribution in [0.5, 0.6) is 5.75 Å². The van der Waals surface area contributed by atoms with Crippen molar-refractivity contribution in [3.63, 3.8) is 0 Å². The van der Waals surface area contributed by atoms with Gasteiger partial charge >= 0.3 is 5.97 Å². The van der Waals surface area contributed by atoms with Gasteiger partial charge in [-0.1, -0.05) is 29.8 Å². The maximum absolute atomic E-state index is 13.0. The van der Waals surface area contributed by atoms with Gasteiger partial charge in [0.15, 0.2) is 0 Å². The molecule has 0 heterocycles. The highest BCUT2D eigenvalue weighted by Gasteiger charge is 2.22. The molecular weight excluding hydrogens is 297 g/mol. The molecule has 0 aliphatic heterocycles. The molecule has 2 rings (SSSR count). The third kappa shape index (κ3) is 5.21. The predicted octanol–water partition coefficient (Wildman–Crippen LogP) is 2.79. The molecule has 5 heteroatoms. The van der Waals surface area contributed by atoms with Crippen LogP contribution in [-0.2, 0) is 16.0 Å². The lowest BCUT2D eigenvalue weighted by atomic mass is 10.1. The van der Waals surface area contributed by atoms with E-state index in [1.165, 1.54) is 19.1 Å². The number of nitrogens with one attached hydrogen (secondary N) is 1. The average Bonchev–Trinajstić information content (AvgIpc) is 2.50. The van der Waals surface area contributed by atoms with E-state index in [2.05, 4.69) is 5.32 Å². The Bertz CT molecular complexity index is 680. The summed E-state index contributed by atoms with van der Waals surface area (Å²) in [5.41, 5.74) is 1.78. The molecule has 0 bridgehead atoms. The van der Waals surface area contributed by atoms with Crippen LogP contribution in [0.1, 0.15) is 18.1 Å². The van der Waals surface area contributed by atoms with E-state index in [4.69, 9.17) is 4.74 Å². The monoisotopic (exact) mass is 315 g/mol. The van der Waals surface area contributed by atoms with Gasteiger partial charge in [0.25, 0.3) is 0 Å². The summed E-state index contributed by atoms with van der Waals surface area (Å²) >= 11 is 0. The first-order chi connectivity index (χ1) is 10.9. The second-order valence-electron chi connectivity index (χ2n) is 5.32. The molecule has 0 spiro atoms. The fraction of sp³-hybridized carbons (Fsp3) is 0.222. The van der Waals surface area contributed by atoms with Gasteiger partial charge in [-0.05, 0) is 36.8 Å². The minimum Gasteiger partial charge on any atom is -0.425 e. The molecule has 2 aromatic rings. The van der Waals surface area contributed by atoms with Crippen LogP contribution in [0.2, 0.25) is 0 Å². The number of halogens is 1. The molecule has 2 aromatic carbocycles. The van der Waals surface area contributed by atoms with Crippen LogP contribution in [-0.4, -0.2) is 17.9 Å². The Morgan fingerprint density at radius 3 is 2.26 bits per heavy atom. The Morgan fingerprint density at radius 2 is 1.70 bits per heavy atom. The maximum atomic E-state index is 13.0. The number of esters is 1. The van der Waals surface area contributed by atoms with Crippen molar-refractivity contribution in [3.05, 3.63) is 65.5 Å². The molecule has 0 saturated carbocycles. The first-order valence-electron chi connectivity index (χ1n) is 7.24. The molecule has 23 heavy (non-hydrogen) atoms. The summed E-state index contributed by atoms with van der Waals surface area (Å²) in [5, 5.41) is 2.57. The highest BCUT2D eigenvalue weighted by Crippen LogP contribution is 2.14. The van der Waals surface area contributed by atoms with E-state index in [0.29, 0.717) is 5.75 Å². The van der Waals surface area contributed by atoms with Crippen molar-refractivity contribution in [2.24, 2.45) is 0 Å². The third-order valence-electron chi connectivity index (χ3n) is 3.25. The molecule has 1 N–H and O–H groups in total. The Kier molecular flexibility index (Phi) is 5.46. The number of rotatable bonds is 5. The van der Waals surface area contributed by atoms with E-state index in [9.17, 15) is 14.0 Å². The van der Waals surface area contributed by atoms with Gasteiger partial charge in [-0.25, -0.2) is 9.18 Å². The van der Waals surface area contributed by atoms with Crippen molar-refractivity contribution >= 4 is 11.9 Å². The summed E-state index contributed by atoms with van der Waals surface area (Å²) in [4.78, 5) is 23.6. The molecule has 0 aromatic heterocycles. The first kappa shape index (κ1) is 16.7. The van der Waals surface area contributed by atoms with Gasteiger partial charge in [-0.3, -0.25) is 4.79 Å². The topological polar surface area (TPSA) is 55.4 Å². The lowest BCUT2D eigenvalue weighted by molar-refractivity contribution is -0.139. The number of benzene rings is 2. The van der Waals surface area contributed by atoms with E-state index in [1.54, 1.807) is 24.3 Å². The van der Waals surface area contributed by atoms with Crippen molar-refractivity contribution in [3.8, 4) is 5.75 Å². The number of carbonyl (C=O) groups is 2. The van der Waals surface area contributed by atoms with Gasteiger partial charge in [0, 0.05) is 13.3 Å². The van der Waals surface area contributed by atoms with Crippen LogP contribution in [0.3, 0.4) is 0 Å². The average molecular weight is 315 g/mol. The van der Waals surface area contributed by atoms with Gasteiger partial charge in [-0.2, -0.15) is 0 Å². The van der Waals surface area contributed by atoms with Crippen LogP contribution in [0.4, 0.5) is 4.39 Å². The summed E-state index contributed by atoms with van der Waals surface area (Å²) in [6.07, 6.45) is 0.227. The highest BCUT2D eigenvalue weighted by molar-refractivity contribution is 5.84. The minimum atomic E-state index is -0.834. The van der Waals surface area contributed by atoms with E-state index in [0.717, 1.165) is 11.1 Å². The van der Waals surface area contributed by atoms with E-state index >= 15 is 0 Å². The molecule has 0 radical (unpaired) electrons. The molecular formula is C18H18FNO3.